The first kappa shape index (κ1) is 25.0. The minimum absolute atomic E-state index is 0.0592. The van der Waals surface area contributed by atoms with Crippen molar-refractivity contribution in [2.75, 3.05) is 19.7 Å². The molecule has 0 radical (unpaired) electrons. The number of sulfonamides is 1. The summed E-state index contributed by atoms with van der Waals surface area (Å²) in [6.45, 7) is -1.35. The van der Waals surface area contributed by atoms with Crippen LogP contribution < -0.4 is 4.72 Å². The fourth-order valence-electron chi connectivity index (χ4n) is 3.97. The second-order valence-corrected chi connectivity index (χ2v) is 10.1. The molecule has 3 aromatic rings. The SMILES string of the molecule is O=C(c1ccccc1)N(O)C[C@]1(O)CO[C@H](CNS(=O)(=O)c2ccccc2-c2ccccc2)[C@H]1O. The van der Waals surface area contributed by atoms with Gasteiger partial charge >= 0.3 is 0 Å². The number of benzene rings is 3. The van der Waals surface area contributed by atoms with E-state index in [2.05, 4.69) is 4.72 Å². The first-order valence-corrected chi connectivity index (χ1v) is 12.4. The van der Waals surface area contributed by atoms with E-state index in [1.54, 1.807) is 48.5 Å². The number of ether oxygens (including phenoxy) is 1. The van der Waals surface area contributed by atoms with Crippen LogP contribution >= 0.6 is 0 Å². The maximum Gasteiger partial charge on any atom is 0.277 e. The predicted octanol–water partition coefficient (Wildman–Crippen LogP) is 1.65. The Morgan fingerprint density at radius 1 is 1.00 bits per heavy atom. The van der Waals surface area contributed by atoms with Gasteiger partial charge in [-0.1, -0.05) is 66.7 Å². The number of hydrogen-bond acceptors (Lipinski definition) is 7. The van der Waals surface area contributed by atoms with Gasteiger partial charge in [-0.3, -0.25) is 10.0 Å². The average molecular weight is 499 g/mol. The Hall–Kier alpha value is -3.12. The van der Waals surface area contributed by atoms with Crippen molar-refractivity contribution in [1.82, 2.24) is 9.79 Å². The van der Waals surface area contributed by atoms with Crippen LogP contribution in [0, 0.1) is 0 Å². The molecular formula is C25H26N2O7S. The summed E-state index contributed by atoms with van der Waals surface area (Å²) < 4.78 is 34.0. The molecule has 1 amide bonds. The highest BCUT2D eigenvalue weighted by Crippen LogP contribution is 2.29. The second kappa shape index (κ2) is 10.2. The van der Waals surface area contributed by atoms with Crippen molar-refractivity contribution in [3.63, 3.8) is 0 Å². The Labute approximate surface area is 203 Å². The minimum atomic E-state index is -4.00. The van der Waals surface area contributed by atoms with Crippen LogP contribution in [0.3, 0.4) is 0 Å². The lowest BCUT2D eigenvalue weighted by atomic mass is 9.96. The lowest BCUT2D eigenvalue weighted by Gasteiger charge is -2.29. The van der Waals surface area contributed by atoms with E-state index in [0.717, 1.165) is 5.56 Å². The highest BCUT2D eigenvalue weighted by molar-refractivity contribution is 7.89. The number of aliphatic hydroxyl groups is 2. The molecule has 3 aromatic carbocycles. The Bertz CT molecular complexity index is 1270. The highest BCUT2D eigenvalue weighted by atomic mass is 32.2. The van der Waals surface area contributed by atoms with E-state index in [9.17, 15) is 28.6 Å². The molecule has 4 rings (SSSR count). The summed E-state index contributed by atoms with van der Waals surface area (Å²) in [5.41, 5.74) is -0.545. The van der Waals surface area contributed by atoms with Crippen LogP contribution in [-0.4, -0.2) is 72.3 Å². The third kappa shape index (κ3) is 5.43. The third-order valence-electron chi connectivity index (χ3n) is 5.86. The molecule has 1 heterocycles. The number of carbonyl (C=O) groups excluding carboxylic acids is 1. The lowest BCUT2D eigenvalue weighted by molar-refractivity contribution is -0.133. The van der Waals surface area contributed by atoms with Gasteiger partial charge < -0.3 is 14.9 Å². The number of carbonyl (C=O) groups is 1. The van der Waals surface area contributed by atoms with E-state index in [1.807, 2.05) is 18.2 Å². The van der Waals surface area contributed by atoms with Gasteiger partial charge in [-0.25, -0.2) is 18.2 Å². The van der Waals surface area contributed by atoms with Gasteiger partial charge in [-0.2, -0.15) is 0 Å². The number of amides is 1. The second-order valence-electron chi connectivity index (χ2n) is 8.34. The van der Waals surface area contributed by atoms with Crippen molar-refractivity contribution in [3.05, 3.63) is 90.5 Å². The lowest BCUT2D eigenvalue weighted by Crippen LogP contribution is -2.54. The molecule has 9 nitrogen and oxygen atoms in total. The number of nitrogens with one attached hydrogen (secondary N) is 1. The van der Waals surface area contributed by atoms with Crippen LogP contribution in [0.5, 0.6) is 0 Å². The molecule has 4 N–H and O–H groups in total. The number of rotatable bonds is 8. The summed E-state index contributed by atoms with van der Waals surface area (Å²) in [5.74, 6) is -0.757. The zero-order chi connectivity index (χ0) is 25.1. The highest BCUT2D eigenvalue weighted by Gasteiger charge is 2.49. The molecule has 1 aliphatic heterocycles. The van der Waals surface area contributed by atoms with Crippen molar-refractivity contribution in [2.45, 2.75) is 22.7 Å². The maximum atomic E-state index is 13.1. The number of hydroxylamine groups is 2. The number of aliphatic hydroxyl groups excluding tert-OH is 1. The Balaban J connectivity index is 1.43. The van der Waals surface area contributed by atoms with E-state index in [1.165, 1.54) is 18.2 Å². The molecule has 0 bridgehead atoms. The van der Waals surface area contributed by atoms with Crippen molar-refractivity contribution < 1.29 is 33.4 Å². The van der Waals surface area contributed by atoms with E-state index in [4.69, 9.17) is 4.74 Å². The maximum absolute atomic E-state index is 13.1. The van der Waals surface area contributed by atoms with Crippen molar-refractivity contribution >= 4 is 15.9 Å². The molecule has 0 saturated carbocycles. The standard InChI is InChI=1S/C25H26N2O7S/c28-23-21(34-17-25(23,30)16-27(31)24(29)19-11-5-2-6-12-19)15-26-35(32,33)22-14-8-7-13-20(22)18-9-3-1-4-10-18/h1-14,21,23,26,28,30-31H,15-17H2/t21-,23-,25+/m1/s1. The molecular weight excluding hydrogens is 472 g/mol. The molecule has 1 aliphatic rings. The Morgan fingerprint density at radius 2 is 1.60 bits per heavy atom. The van der Waals surface area contributed by atoms with Gasteiger partial charge in [0.1, 0.15) is 17.8 Å². The molecule has 1 fully saturated rings. The summed E-state index contributed by atoms with van der Waals surface area (Å²) in [5, 5.41) is 32.0. The quantitative estimate of drug-likeness (QED) is 0.274. The molecule has 3 atom stereocenters. The minimum Gasteiger partial charge on any atom is -0.387 e. The van der Waals surface area contributed by atoms with Crippen LogP contribution in [-0.2, 0) is 14.8 Å². The van der Waals surface area contributed by atoms with Gasteiger partial charge in [0.2, 0.25) is 10.0 Å². The van der Waals surface area contributed by atoms with E-state index >= 15 is 0 Å². The largest absolute Gasteiger partial charge is 0.387 e. The molecule has 1 saturated heterocycles. The first-order chi connectivity index (χ1) is 16.7. The van der Waals surface area contributed by atoms with Crippen LogP contribution in [0.25, 0.3) is 11.1 Å². The molecule has 0 spiro atoms. The molecule has 35 heavy (non-hydrogen) atoms. The van der Waals surface area contributed by atoms with Crippen LogP contribution in [0.4, 0.5) is 0 Å². The van der Waals surface area contributed by atoms with Crippen molar-refractivity contribution in [2.24, 2.45) is 0 Å². The zero-order valence-corrected chi connectivity index (χ0v) is 19.5. The van der Waals surface area contributed by atoms with Crippen molar-refractivity contribution in [3.8, 4) is 11.1 Å². The van der Waals surface area contributed by atoms with Crippen molar-refractivity contribution in [1.29, 1.82) is 0 Å². The molecule has 0 aliphatic carbocycles. The van der Waals surface area contributed by atoms with Gasteiger partial charge in [-0.05, 0) is 23.8 Å². The van der Waals surface area contributed by atoms with E-state index in [-0.39, 0.29) is 17.0 Å². The zero-order valence-electron chi connectivity index (χ0n) is 18.7. The average Bonchev–Trinajstić information content (AvgIpc) is 3.16. The fourth-order valence-corrected chi connectivity index (χ4v) is 5.24. The molecule has 10 heteroatoms. The van der Waals surface area contributed by atoms with E-state index < -0.39 is 46.9 Å². The fraction of sp³-hybridized carbons (Fsp3) is 0.240. The Kier molecular flexibility index (Phi) is 7.31. The molecule has 0 aromatic heterocycles. The van der Waals surface area contributed by atoms with Crippen LogP contribution in [0.15, 0.2) is 89.8 Å². The predicted molar refractivity (Wildman–Crippen MR) is 127 cm³/mol. The first-order valence-electron chi connectivity index (χ1n) is 10.9. The van der Waals surface area contributed by atoms with Gasteiger partial charge in [0.25, 0.3) is 5.91 Å². The van der Waals surface area contributed by atoms with Gasteiger partial charge in [0.05, 0.1) is 18.0 Å². The molecule has 0 unspecified atom stereocenters. The third-order valence-corrected chi connectivity index (χ3v) is 7.35. The molecule has 184 valence electrons. The number of nitrogens with zero attached hydrogens (tertiary/aromatic N) is 1. The van der Waals surface area contributed by atoms with Gasteiger partial charge in [0, 0.05) is 17.7 Å². The smallest absolute Gasteiger partial charge is 0.277 e. The van der Waals surface area contributed by atoms with Gasteiger partial charge in [-0.15, -0.1) is 0 Å². The topological polar surface area (TPSA) is 136 Å². The monoisotopic (exact) mass is 498 g/mol. The van der Waals surface area contributed by atoms with Gasteiger partial charge in [0.15, 0.2) is 0 Å². The summed E-state index contributed by atoms with van der Waals surface area (Å²) in [6, 6.07) is 23.5. The summed E-state index contributed by atoms with van der Waals surface area (Å²) in [7, 11) is -4.00. The Morgan fingerprint density at radius 3 is 2.29 bits per heavy atom. The summed E-state index contributed by atoms with van der Waals surface area (Å²) in [4.78, 5) is 12.4. The van der Waals surface area contributed by atoms with Crippen LogP contribution in [0.2, 0.25) is 0 Å². The summed E-state index contributed by atoms with van der Waals surface area (Å²) in [6.07, 6.45) is -2.66. The summed E-state index contributed by atoms with van der Waals surface area (Å²) >= 11 is 0. The van der Waals surface area contributed by atoms with E-state index in [0.29, 0.717) is 10.6 Å². The van der Waals surface area contributed by atoms with Crippen LogP contribution in [0.1, 0.15) is 10.4 Å². The normalized spacial score (nSPS) is 22.1. The number of hydrogen-bond donors (Lipinski definition) is 4.